The lowest BCUT2D eigenvalue weighted by Gasteiger charge is -2.32. The number of halogens is 1. The molecule has 2 heterocycles. The zero-order chi connectivity index (χ0) is 20.9. The molecule has 0 aromatic carbocycles. The fourth-order valence-corrected chi connectivity index (χ4v) is 3.70. The SMILES string of the molecule is CC1(C(=O)NCc2cccnc2)CC=C(NCC(=O)N2C[C@@H](F)C[C@H]2C#N)CC1. The van der Waals surface area contributed by atoms with Crippen molar-refractivity contribution in [2.24, 2.45) is 5.41 Å². The Bertz CT molecular complexity index is 822. The van der Waals surface area contributed by atoms with Crippen LogP contribution in [-0.4, -0.2) is 47.0 Å². The van der Waals surface area contributed by atoms with E-state index in [2.05, 4.69) is 15.6 Å². The van der Waals surface area contributed by atoms with Crippen molar-refractivity contribution in [3.63, 3.8) is 0 Å². The summed E-state index contributed by atoms with van der Waals surface area (Å²) in [6.45, 7) is 2.39. The third-order valence-corrected chi connectivity index (χ3v) is 5.66. The van der Waals surface area contributed by atoms with Gasteiger partial charge in [-0.05, 0) is 30.9 Å². The predicted octanol–water partition coefficient (Wildman–Crippen LogP) is 1.82. The molecule has 1 saturated heterocycles. The van der Waals surface area contributed by atoms with Gasteiger partial charge in [0.2, 0.25) is 11.8 Å². The van der Waals surface area contributed by atoms with Gasteiger partial charge in [0.25, 0.3) is 0 Å². The number of nitrogens with zero attached hydrogens (tertiary/aromatic N) is 3. The van der Waals surface area contributed by atoms with Crippen LogP contribution >= 0.6 is 0 Å². The molecule has 2 amide bonds. The molecule has 1 unspecified atom stereocenters. The van der Waals surface area contributed by atoms with Gasteiger partial charge in [-0.15, -0.1) is 0 Å². The van der Waals surface area contributed by atoms with E-state index in [4.69, 9.17) is 5.26 Å². The monoisotopic (exact) mass is 399 g/mol. The number of hydrogen-bond donors (Lipinski definition) is 2. The maximum atomic E-state index is 13.5. The number of nitriles is 1. The van der Waals surface area contributed by atoms with Gasteiger partial charge < -0.3 is 15.5 Å². The Morgan fingerprint density at radius 1 is 1.48 bits per heavy atom. The molecule has 1 aliphatic heterocycles. The average Bonchev–Trinajstić information content (AvgIpc) is 3.13. The molecule has 0 spiro atoms. The quantitative estimate of drug-likeness (QED) is 0.760. The summed E-state index contributed by atoms with van der Waals surface area (Å²) >= 11 is 0. The van der Waals surface area contributed by atoms with Gasteiger partial charge in [0.05, 0.1) is 24.6 Å². The van der Waals surface area contributed by atoms with E-state index >= 15 is 0 Å². The molecule has 7 nitrogen and oxygen atoms in total. The van der Waals surface area contributed by atoms with Crippen molar-refractivity contribution in [3.8, 4) is 6.07 Å². The van der Waals surface area contributed by atoms with Gasteiger partial charge >= 0.3 is 0 Å². The second-order valence-electron chi connectivity index (χ2n) is 7.92. The van der Waals surface area contributed by atoms with Crippen molar-refractivity contribution in [1.29, 1.82) is 5.26 Å². The molecule has 0 radical (unpaired) electrons. The molecule has 2 aliphatic rings. The minimum absolute atomic E-state index is 0.00403. The first-order chi connectivity index (χ1) is 13.9. The summed E-state index contributed by atoms with van der Waals surface area (Å²) in [4.78, 5) is 30.3. The zero-order valence-electron chi connectivity index (χ0n) is 16.5. The van der Waals surface area contributed by atoms with Gasteiger partial charge in [-0.3, -0.25) is 14.6 Å². The third-order valence-electron chi connectivity index (χ3n) is 5.66. The van der Waals surface area contributed by atoms with Crippen LogP contribution in [0.1, 0.15) is 38.2 Å². The highest BCUT2D eigenvalue weighted by molar-refractivity contribution is 5.82. The van der Waals surface area contributed by atoms with E-state index in [0.717, 1.165) is 11.3 Å². The van der Waals surface area contributed by atoms with Crippen molar-refractivity contribution in [1.82, 2.24) is 20.5 Å². The van der Waals surface area contributed by atoms with E-state index in [9.17, 15) is 14.0 Å². The molecule has 0 saturated carbocycles. The minimum atomic E-state index is -1.14. The first-order valence-electron chi connectivity index (χ1n) is 9.84. The lowest BCUT2D eigenvalue weighted by Crippen LogP contribution is -2.42. The molecule has 0 bridgehead atoms. The molecule has 1 aromatic heterocycles. The summed E-state index contributed by atoms with van der Waals surface area (Å²) in [5, 5.41) is 15.1. The molecule has 8 heteroatoms. The molecule has 3 atom stereocenters. The number of likely N-dealkylation sites (tertiary alicyclic amines) is 1. The van der Waals surface area contributed by atoms with Crippen LogP contribution in [0.25, 0.3) is 0 Å². The van der Waals surface area contributed by atoms with Gasteiger partial charge in [0.15, 0.2) is 0 Å². The van der Waals surface area contributed by atoms with Crippen LogP contribution in [0.4, 0.5) is 4.39 Å². The molecular formula is C21H26FN5O2. The fraction of sp³-hybridized carbons (Fsp3) is 0.524. The van der Waals surface area contributed by atoms with Crippen molar-refractivity contribution < 1.29 is 14.0 Å². The smallest absolute Gasteiger partial charge is 0.243 e. The Kier molecular flexibility index (Phi) is 6.47. The summed E-state index contributed by atoms with van der Waals surface area (Å²) in [6, 6.07) is 5.04. The zero-order valence-corrected chi connectivity index (χ0v) is 16.5. The summed E-state index contributed by atoms with van der Waals surface area (Å²) in [7, 11) is 0. The van der Waals surface area contributed by atoms with Crippen molar-refractivity contribution in [2.75, 3.05) is 13.1 Å². The highest BCUT2D eigenvalue weighted by Crippen LogP contribution is 2.34. The van der Waals surface area contributed by atoms with E-state index in [1.54, 1.807) is 12.4 Å². The number of alkyl halides is 1. The van der Waals surface area contributed by atoms with Crippen LogP contribution in [0.3, 0.4) is 0 Å². The number of rotatable bonds is 6. The molecule has 29 heavy (non-hydrogen) atoms. The molecule has 2 N–H and O–H groups in total. The van der Waals surface area contributed by atoms with E-state index in [-0.39, 0.29) is 31.3 Å². The molecule has 1 aromatic rings. The number of hydrogen-bond acceptors (Lipinski definition) is 5. The molecule has 154 valence electrons. The second kappa shape index (κ2) is 9.03. The van der Waals surface area contributed by atoms with Crippen LogP contribution in [0, 0.1) is 16.7 Å². The maximum absolute atomic E-state index is 13.5. The lowest BCUT2D eigenvalue weighted by molar-refractivity contribution is -0.131. The largest absolute Gasteiger partial charge is 0.380 e. The number of carbonyl (C=O) groups is 2. The molecule has 1 fully saturated rings. The summed E-state index contributed by atoms with van der Waals surface area (Å²) in [6.07, 6.45) is 6.19. The predicted molar refractivity (Wildman–Crippen MR) is 105 cm³/mol. The van der Waals surface area contributed by atoms with Gasteiger partial charge in [-0.25, -0.2) is 4.39 Å². The minimum Gasteiger partial charge on any atom is -0.380 e. The van der Waals surface area contributed by atoms with Gasteiger partial charge in [0, 0.05) is 31.1 Å². The molecular weight excluding hydrogens is 373 g/mol. The number of pyridine rings is 1. The van der Waals surface area contributed by atoms with Crippen LogP contribution in [0.15, 0.2) is 36.3 Å². The first kappa shape index (κ1) is 20.8. The fourth-order valence-electron chi connectivity index (χ4n) is 3.70. The normalized spacial score (nSPS) is 26.4. The van der Waals surface area contributed by atoms with Crippen LogP contribution in [-0.2, 0) is 16.1 Å². The Morgan fingerprint density at radius 2 is 2.31 bits per heavy atom. The third kappa shape index (κ3) is 5.11. The van der Waals surface area contributed by atoms with Crippen molar-refractivity contribution in [2.45, 2.75) is 51.4 Å². The van der Waals surface area contributed by atoms with Crippen LogP contribution < -0.4 is 10.6 Å². The number of allylic oxidation sites excluding steroid dienone is 2. The standard InChI is InChI=1S/C21H26FN5O2/c1-21(20(29)26-12-15-3-2-8-24-11-15)6-4-17(5-7-21)25-13-19(28)27-14-16(22)9-18(27)10-23/h2-4,8,11,16,18,25H,5-7,9,12-14H2,1H3,(H,26,29)/t16-,18-,21?/m0/s1. The van der Waals surface area contributed by atoms with E-state index < -0.39 is 17.6 Å². The average molecular weight is 399 g/mol. The van der Waals surface area contributed by atoms with E-state index in [0.29, 0.717) is 25.8 Å². The molecule has 1 aliphatic carbocycles. The number of nitrogens with one attached hydrogen (secondary N) is 2. The summed E-state index contributed by atoms with van der Waals surface area (Å²) in [5.74, 6) is -0.282. The van der Waals surface area contributed by atoms with Crippen LogP contribution in [0.2, 0.25) is 0 Å². The highest BCUT2D eigenvalue weighted by atomic mass is 19.1. The summed E-state index contributed by atoms with van der Waals surface area (Å²) in [5.41, 5.74) is 1.35. The molecule has 3 rings (SSSR count). The maximum Gasteiger partial charge on any atom is 0.243 e. The number of amides is 2. The Morgan fingerprint density at radius 3 is 2.97 bits per heavy atom. The lowest BCUT2D eigenvalue weighted by atomic mass is 9.77. The van der Waals surface area contributed by atoms with E-state index in [1.807, 2.05) is 31.2 Å². The Balaban J connectivity index is 1.47. The first-order valence-corrected chi connectivity index (χ1v) is 9.84. The Labute approximate surface area is 170 Å². The second-order valence-corrected chi connectivity index (χ2v) is 7.92. The number of aromatic nitrogens is 1. The number of carbonyl (C=O) groups excluding carboxylic acids is 2. The van der Waals surface area contributed by atoms with Crippen LogP contribution in [0.5, 0.6) is 0 Å². The van der Waals surface area contributed by atoms with Crippen molar-refractivity contribution in [3.05, 3.63) is 41.9 Å². The van der Waals surface area contributed by atoms with E-state index in [1.165, 1.54) is 4.90 Å². The van der Waals surface area contributed by atoms with Crippen molar-refractivity contribution >= 4 is 11.8 Å². The topological polar surface area (TPSA) is 98.1 Å². The Hall–Kier alpha value is -2.95. The summed E-state index contributed by atoms with van der Waals surface area (Å²) < 4.78 is 13.5. The van der Waals surface area contributed by atoms with Gasteiger partial charge in [0.1, 0.15) is 12.2 Å². The van der Waals surface area contributed by atoms with Gasteiger partial charge in [-0.1, -0.05) is 19.1 Å². The van der Waals surface area contributed by atoms with Gasteiger partial charge in [-0.2, -0.15) is 5.26 Å². The highest BCUT2D eigenvalue weighted by Gasteiger charge is 2.36.